The van der Waals surface area contributed by atoms with Gasteiger partial charge in [-0.25, -0.2) is 18.2 Å². The Kier molecular flexibility index (Phi) is 8.21. The van der Waals surface area contributed by atoms with E-state index in [-0.39, 0.29) is 35.3 Å². The SMILES string of the molecule is CC1=NC(=O)N(CCCNCS(=O)(=O)c2cc(C)ccc2C)C(c2cccc([N+](=O)[O-])c2)C1C(=O)O. The van der Waals surface area contributed by atoms with E-state index in [1.807, 2.05) is 13.0 Å². The van der Waals surface area contributed by atoms with Crippen molar-refractivity contribution >= 4 is 33.2 Å². The number of nitrogens with one attached hydrogen (secondary N) is 1. The Balaban J connectivity index is 1.74. The number of carboxylic acid groups (broad SMARTS) is 1. The monoisotopic (exact) mass is 516 g/mol. The van der Waals surface area contributed by atoms with Gasteiger partial charge in [-0.05, 0) is 56.5 Å². The van der Waals surface area contributed by atoms with E-state index in [0.717, 1.165) is 5.56 Å². The van der Waals surface area contributed by atoms with Crippen LogP contribution in [0.5, 0.6) is 0 Å². The second-order valence-corrected chi connectivity index (χ2v) is 10.7. The zero-order valence-corrected chi connectivity index (χ0v) is 21.0. The molecule has 1 heterocycles. The number of aliphatic carboxylic acids is 1. The molecule has 2 aromatic carbocycles. The van der Waals surface area contributed by atoms with Crippen molar-refractivity contribution in [3.8, 4) is 0 Å². The number of urea groups is 1. The third-order valence-corrected chi connectivity index (χ3v) is 7.73. The van der Waals surface area contributed by atoms with Crippen LogP contribution in [-0.2, 0) is 14.6 Å². The number of rotatable bonds is 10. The lowest BCUT2D eigenvalue weighted by molar-refractivity contribution is -0.385. The second kappa shape index (κ2) is 11.0. The van der Waals surface area contributed by atoms with Gasteiger partial charge in [0.25, 0.3) is 5.69 Å². The highest BCUT2D eigenvalue weighted by Gasteiger charge is 2.42. The Morgan fingerprint density at radius 3 is 2.58 bits per heavy atom. The van der Waals surface area contributed by atoms with Gasteiger partial charge >= 0.3 is 12.0 Å². The second-order valence-electron chi connectivity index (χ2n) is 8.72. The Morgan fingerprint density at radius 1 is 1.19 bits per heavy atom. The van der Waals surface area contributed by atoms with Crippen molar-refractivity contribution in [1.82, 2.24) is 10.2 Å². The maximum absolute atomic E-state index is 12.7. The third kappa shape index (κ3) is 5.94. The lowest BCUT2D eigenvalue weighted by Gasteiger charge is -2.37. The zero-order chi connectivity index (χ0) is 26.6. The lowest BCUT2D eigenvalue weighted by atomic mass is 9.86. The van der Waals surface area contributed by atoms with Gasteiger partial charge in [-0.3, -0.25) is 14.9 Å². The van der Waals surface area contributed by atoms with Crippen LogP contribution in [0, 0.1) is 29.9 Å². The molecule has 36 heavy (non-hydrogen) atoms. The number of nitrogens with zero attached hydrogens (tertiary/aromatic N) is 3. The molecule has 0 radical (unpaired) electrons. The van der Waals surface area contributed by atoms with Gasteiger partial charge in [0.15, 0.2) is 9.84 Å². The summed E-state index contributed by atoms with van der Waals surface area (Å²) in [6.45, 7) is 5.29. The quantitative estimate of drug-likeness (QED) is 0.276. The number of amides is 2. The number of aliphatic imine (C=N–C) groups is 1. The molecule has 2 unspecified atom stereocenters. The molecule has 3 rings (SSSR count). The largest absolute Gasteiger partial charge is 0.481 e. The maximum Gasteiger partial charge on any atom is 0.344 e. The topological polar surface area (TPSA) is 159 Å². The number of carboxylic acids is 1. The van der Waals surface area contributed by atoms with E-state index in [4.69, 9.17) is 0 Å². The predicted octanol–water partition coefficient (Wildman–Crippen LogP) is 3.26. The summed E-state index contributed by atoms with van der Waals surface area (Å²) >= 11 is 0. The molecule has 2 atom stereocenters. The van der Waals surface area contributed by atoms with Crippen LogP contribution >= 0.6 is 0 Å². The summed E-state index contributed by atoms with van der Waals surface area (Å²) in [5.41, 5.74) is 1.68. The highest BCUT2D eigenvalue weighted by atomic mass is 32.2. The summed E-state index contributed by atoms with van der Waals surface area (Å²) in [6.07, 6.45) is 0.306. The minimum atomic E-state index is -3.58. The molecule has 2 amide bonds. The van der Waals surface area contributed by atoms with E-state index >= 15 is 0 Å². The first-order valence-corrected chi connectivity index (χ1v) is 12.9. The molecular formula is C24H28N4O7S. The average Bonchev–Trinajstić information content (AvgIpc) is 2.80. The number of sulfone groups is 1. The van der Waals surface area contributed by atoms with E-state index in [9.17, 15) is 33.2 Å². The van der Waals surface area contributed by atoms with Crippen LogP contribution in [0.4, 0.5) is 10.5 Å². The Labute approximate surface area is 208 Å². The molecule has 12 heteroatoms. The van der Waals surface area contributed by atoms with Crippen LogP contribution in [0.25, 0.3) is 0 Å². The maximum atomic E-state index is 12.7. The van der Waals surface area contributed by atoms with Gasteiger partial charge in [0.1, 0.15) is 11.8 Å². The molecule has 192 valence electrons. The highest BCUT2D eigenvalue weighted by molar-refractivity contribution is 7.91. The number of hydrogen-bond acceptors (Lipinski definition) is 7. The minimum Gasteiger partial charge on any atom is -0.481 e. The predicted molar refractivity (Wildman–Crippen MR) is 133 cm³/mol. The number of nitro groups is 1. The molecule has 0 saturated carbocycles. The van der Waals surface area contributed by atoms with Crippen molar-refractivity contribution in [2.45, 2.75) is 38.1 Å². The molecule has 0 aliphatic carbocycles. The number of aryl methyl sites for hydroxylation is 2. The first-order chi connectivity index (χ1) is 16.9. The van der Waals surface area contributed by atoms with Gasteiger partial charge in [0.05, 0.1) is 15.9 Å². The van der Waals surface area contributed by atoms with Crippen molar-refractivity contribution in [1.29, 1.82) is 0 Å². The van der Waals surface area contributed by atoms with Crippen molar-refractivity contribution < 1.29 is 28.0 Å². The van der Waals surface area contributed by atoms with Gasteiger partial charge in [-0.2, -0.15) is 0 Å². The molecule has 0 bridgehead atoms. The van der Waals surface area contributed by atoms with Crippen LogP contribution in [-0.4, -0.2) is 60.0 Å². The molecule has 1 aliphatic rings. The van der Waals surface area contributed by atoms with Crippen molar-refractivity contribution in [2.24, 2.45) is 10.9 Å². The molecule has 2 N–H and O–H groups in total. The summed E-state index contributed by atoms with van der Waals surface area (Å²) < 4.78 is 25.5. The summed E-state index contributed by atoms with van der Waals surface area (Å²) in [4.78, 5) is 40.9. The van der Waals surface area contributed by atoms with Gasteiger partial charge in [0, 0.05) is 24.4 Å². The molecule has 0 saturated heterocycles. The molecule has 0 fully saturated rings. The Hall–Kier alpha value is -3.64. The fraction of sp³-hybridized carbons (Fsp3) is 0.375. The molecule has 0 aromatic heterocycles. The van der Waals surface area contributed by atoms with Crippen LogP contribution in [0.2, 0.25) is 0 Å². The first-order valence-electron chi connectivity index (χ1n) is 11.3. The van der Waals surface area contributed by atoms with Crippen LogP contribution < -0.4 is 5.32 Å². The number of nitro benzene ring substituents is 1. The number of benzene rings is 2. The molecular weight excluding hydrogens is 488 g/mol. The average molecular weight is 517 g/mol. The first kappa shape index (κ1) is 27.0. The van der Waals surface area contributed by atoms with E-state index in [0.29, 0.717) is 17.5 Å². The van der Waals surface area contributed by atoms with Crippen LogP contribution in [0.15, 0.2) is 52.4 Å². The lowest BCUT2D eigenvalue weighted by Crippen LogP contribution is -2.47. The minimum absolute atomic E-state index is 0.0727. The van der Waals surface area contributed by atoms with E-state index in [2.05, 4.69) is 10.3 Å². The van der Waals surface area contributed by atoms with E-state index < -0.39 is 38.7 Å². The van der Waals surface area contributed by atoms with Gasteiger partial charge in [0.2, 0.25) is 0 Å². The van der Waals surface area contributed by atoms with Gasteiger partial charge in [-0.1, -0.05) is 24.3 Å². The number of carbonyl (C=O) groups excluding carboxylic acids is 1. The molecule has 0 spiro atoms. The summed E-state index contributed by atoms with van der Waals surface area (Å²) in [5.74, 6) is -2.68. The Bertz CT molecular complexity index is 1320. The van der Waals surface area contributed by atoms with Gasteiger partial charge in [-0.15, -0.1) is 0 Å². The Morgan fingerprint density at radius 2 is 1.92 bits per heavy atom. The van der Waals surface area contributed by atoms with E-state index in [1.54, 1.807) is 25.1 Å². The fourth-order valence-electron chi connectivity index (χ4n) is 4.26. The van der Waals surface area contributed by atoms with Crippen LogP contribution in [0.3, 0.4) is 0 Å². The van der Waals surface area contributed by atoms with Crippen molar-refractivity contribution in [3.05, 3.63) is 69.3 Å². The third-order valence-electron chi connectivity index (χ3n) is 6.03. The number of carbonyl (C=O) groups is 2. The number of non-ortho nitro benzene ring substituents is 1. The summed E-state index contributed by atoms with van der Waals surface area (Å²) in [5, 5.41) is 24.0. The zero-order valence-electron chi connectivity index (χ0n) is 20.2. The summed E-state index contributed by atoms with van der Waals surface area (Å²) in [6, 6.07) is 9.09. The van der Waals surface area contributed by atoms with E-state index in [1.165, 1.54) is 30.0 Å². The van der Waals surface area contributed by atoms with Crippen LogP contribution in [0.1, 0.15) is 36.1 Å². The number of hydrogen-bond donors (Lipinski definition) is 2. The summed E-state index contributed by atoms with van der Waals surface area (Å²) in [7, 11) is -3.58. The van der Waals surface area contributed by atoms with Crippen molar-refractivity contribution in [3.63, 3.8) is 0 Å². The highest BCUT2D eigenvalue weighted by Crippen LogP contribution is 2.35. The smallest absolute Gasteiger partial charge is 0.344 e. The molecule has 2 aromatic rings. The normalized spacial score (nSPS) is 18.1. The molecule has 11 nitrogen and oxygen atoms in total. The van der Waals surface area contributed by atoms with Gasteiger partial charge < -0.3 is 15.3 Å². The fourth-order valence-corrected chi connectivity index (χ4v) is 5.75. The molecule has 1 aliphatic heterocycles. The standard InChI is InChI=1S/C24H28N4O7S/c1-15-8-9-16(2)20(12-15)36(34,35)14-25-10-5-11-27-22(18-6-4-7-19(13-18)28(32)33)21(23(29)30)17(3)26-24(27)31/h4,6-9,12-13,21-22,25H,5,10-11,14H2,1-3H3,(H,29,30). The van der Waals surface area contributed by atoms with Crippen molar-refractivity contribution in [2.75, 3.05) is 19.0 Å².